The van der Waals surface area contributed by atoms with Gasteiger partial charge in [0.25, 0.3) is 5.92 Å². The molecule has 0 saturated heterocycles. The molecule has 0 aliphatic heterocycles. The zero-order valence-electron chi connectivity index (χ0n) is 33.6. The summed E-state index contributed by atoms with van der Waals surface area (Å²) in [5.74, 6) is -3.62. The number of alkyl halides is 2. The van der Waals surface area contributed by atoms with Gasteiger partial charge in [0.05, 0.1) is 35.4 Å². The van der Waals surface area contributed by atoms with Crippen molar-refractivity contribution >= 4 is 28.4 Å². The zero-order valence-corrected chi connectivity index (χ0v) is 33.6. The number of rotatable bonds is 15. The number of aryl methyl sites for hydroxylation is 2. The van der Waals surface area contributed by atoms with Crippen LogP contribution in [0.3, 0.4) is 0 Å². The highest BCUT2D eigenvalue weighted by Crippen LogP contribution is 2.61. The van der Waals surface area contributed by atoms with Gasteiger partial charge in [-0.3, -0.25) is 9.78 Å². The molecule has 1 fully saturated rings. The molecule has 0 spiro atoms. The van der Waals surface area contributed by atoms with Crippen LogP contribution in [0.2, 0.25) is 0 Å². The van der Waals surface area contributed by atoms with Crippen LogP contribution in [0.5, 0.6) is 0 Å². The van der Waals surface area contributed by atoms with E-state index in [2.05, 4.69) is 16.5 Å². The number of benzene rings is 2. The molecule has 1 saturated carbocycles. The molecule has 3 aromatic rings. The van der Waals surface area contributed by atoms with E-state index in [0.717, 1.165) is 18.1 Å². The predicted octanol–water partition coefficient (Wildman–Crippen LogP) is 11.9. The average Bonchev–Trinajstić information content (AvgIpc) is 3.95. The van der Waals surface area contributed by atoms with Crippen LogP contribution in [0.15, 0.2) is 60.5 Å². The summed E-state index contributed by atoms with van der Waals surface area (Å²) in [6, 6.07) is 8.24. The Morgan fingerprint density at radius 2 is 1.40 bits per heavy atom. The van der Waals surface area contributed by atoms with E-state index in [9.17, 15) is 23.2 Å². The molecule has 0 amide bonds. The number of halogens is 3. The van der Waals surface area contributed by atoms with Gasteiger partial charge in [-0.25, -0.2) is 18.2 Å². The molecular weight excluding hydrogens is 665 g/mol. The number of carbonyl (C=O) groups excluding carboxylic acids is 3. The molecule has 0 atom stereocenters. The van der Waals surface area contributed by atoms with Gasteiger partial charge in [-0.2, -0.15) is 0 Å². The van der Waals surface area contributed by atoms with E-state index < -0.39 is 17.2 Å². The third-order valence-electron chi connectivity index (χ3n) is 8.13. The number of methoxy groups -OCH3 is 1. The van der Waals surface area contributed by atoms with E-state index in [1.807, 2.05) is 67.5 Å². The third kappa shape index (κ3) is 13.8. The van der Waals surface area contributed by atoms with Gasteiger partial charge in [0, 0.05) is 39.6 Å². The normalized spacial score (nSPS) is 12.6. The van der Waals surface area contributed by atoms with E-state index in [0.29, 0.717) is 66.4 Å². The molecule has 52 heavy (non-hydrogen) atoms. The van der Waals surface area contributed by atoms with Crippen molar-refractivity contribution in [3.63, 3.8) is 0 Å². The first kappa shape index (κ1) is 47.9. The lowest BCUT2D eigenvalue weighted by molar-refractivity contribution is -0.118. The zero-order chi connectivity index (χ0) is 40.2. The molecule has 290 valence electrons. The Kier molecular flexibility index (Phi) is 21.6. The number of fused-ring (bicyclic) bond motifs is 1. The average molecular weight is 729 g/mol. The molecule has 0 unspecified atom stereocenters. The molecule has 2 aromatic carbocycles. The summed E-state index contributed by atoms with van der Waals surface area (Å²) >= 11 is 0. The molecule has 1 aromatic heterocycles. The van der Waals surface area contributed by atoms with Crippen molar-refractivity contribution in [3.8, 4) is 11.3 Å². The standard InChI is InChI=1S/C35H37F3N2O4.4C2H6.H2/c1-21(15-33(44-5)35(12-13-35)34(4,37)38)14-28(43)16-26-10-11-27(17-29(26)36)32-20-39-30-18-24(8-6-22(2)41)25(9-7-23(3)42)19-31(30)40-32;4*1-2;/h10-11,15,17-20H,1,6-9,12-14,16H2,2-5H3;4*1-2H3;1H/b33-15-;;;;;. The Morgan fingerprint density at radius 1 is 0.885 bits per heavy atom. The van der Waals surface area contributed by atoms with Gasteiger partial charge in [-0.1, -0.05) is 74.1 Å². The number of hydrogen-bond donors (Lipinski definition) is 0. The van der Waals surface area contributed by atoms with Crippen LogP contribution < -0.4 is 0 Å². The lowest BCUT2D eigenvalue weighted by Gasteiger charge is -2.25. The van der Waals surface area contributed by atoms with Crippen LogP contribution in [0.1, 0.15) is 126 Å². The van der Waals surface area contributed by atoms with Crippen LogP contribution in [0, 0.1) is 11.2 Å². The minimum absolute atomic E-state index is 0. The summed E-state index contributed by atoms with van der Waals surface area (Å²) in [5.41, 5.74) is 3.14. The second kappa shape index (κ2) is 23.4. The molecule has 0 radical (unpaired) electrons. The highest BCUT2D eigenvalue weighted by molar-refractivity contribution is 5.84. The highest BCUT2D eigenvalue weighted by Gasteiger charge is 2.62. The monoisotopic (exact) mass is 728 g/mol. The van der Waals surface area contributed by atoms with Gasteiger partial charge in [-0.15, -0.1) is 0 Å². The molecule has 0 bridgehead atoms. The fourth-order valence-electron chi connectivity index (χ4n) is 5.41. The van der Waals surface area contributed by atoms with Crippen LogP contribution in [-0.2, 0) is 38.4 Å². The van der Waals surface area contributed by atoms with Crippen molar-refractivity contribution < 1.29 is 33.7 Å². The summed E-state index contributed by atoms with van der Waals surface area (Å²) in [5, 5.41) is 0. The number of nitrogens with zero attached hydrogens (tertiary/aromatic N) is 2. The van der Waals surface area contributed by atoms with E-state index in [-0.39, 0.29) is 42.9 Å². The maximum absolute atomic E-state index is 15.2. The molecule has 1 heterocycles. The van der Waals surface area contributed by atoms with Crippen molar-refractivity contribution in [3.05, 3.63) is 83.0 Å². The highest BCUT2D eigenvalue weighted by atomic mass is 19.3. The van der Waals surface area contributed by atoms with Crippen molar-refractivity contribution in [1.82, 2.24) is 9.97 Å². The minimum Gasteiger partial charge on any atom is -0.500 e. The number of aromatic nitrogens is 2. The summed E-state index contributed by atoms with van der Waals surface area (Å²) in [6.45, 7) is 23.8. The van der Waals surface area contributed by atoms with Crippen molar-refractivity contribution in [1.29, 1.82) is 0 Å². The largest absolute Gasteiger partial charge is 0.500 e. The summed E-state index contributed by atoms with van der Waals surface area (Å²) in [6.07, 6.45) is 5.01. The Labute approximate surface area is 311 Å². The van der Waals surface area contributed by atoms with Gasteiger partial charge in [-0.05, 0) is 86.1 Å². The first-order valence-corrected chi connectivity index (χ1v) is 18.6. The van der Waals surface area contributed by atoms with Gasteiger partial charge in [0.15, 0.2) is 0 Å². The second-order valence-electron chi connectivity index (χ2n) is 11.8. The smallest absolute Gasteiger partial charge is 0.257 e. The SMILES string of the molecule is C=C(/C=C(\OC)C1(C(C)(F)F)CC1)CC(=O)Cc1ccc(-c2cnc3cc(CCC(C)=O)c(CCC(C)=O)cc3n2)cc1F.CC.CC.CC.CC.[HH]. The van der Waals surface area contributed by atoms with Crippen molar-refractivity contribution in [2.45, 2.75) is 133 Å². The van der Waals surface area contributed by atoms with Crippen LogP contribution in [0.25, 0.3) is 22.3 Å². The molecule has 9 heteroatoms. The maximum atomic E-state index is 15.2. The Morgan fingerprint density at radius 3 is 1.85 bits per heavy atom. The lowest BCUT2D eigenvalue weighted by Crippen LogP contribution is -2.28. The van der Waals surface area contributed by atoms with Crippen LogP contribution >= 0.6 is 0 Å². The number of allylic oxidation sites excluding steroid dienone is 3. The molecule has 1 aliphatic carbocycles. The number of hydrogen-bond acceptors (Lipinski definition) is 6. The lowest BCUT2D eigenvalue weighted by atomic mass is 9.94. The number of ether oxygens (including phenoxy) is 1. The summed E-state index contributed by atoms with van der Waals surface area (Å²) in [4.78, 5) is 45.1. The van der Waals surface area contributed by atoms with Crippen LogP contribution in [0.4, 0.5) is 13.2 Å². The quantitative estimate of drug-likeness (QED) is 0.114. The first-order valence-electron chi connectivity index (χ1n) is 18.6. The predicted molar refractivity (Wildman–Crippen MR) is 210 cm³/mol. The Hall–Kier alpha value is -4.14. The fraction of sp³-hybridized carbons (Fsp3) is 0.512. The first-order chi connectivity index (χ1) is 24.7. The van der Waals surface area contributed by atoms with Crippen molar-refractivity contribution in [2.75, 3.05) is 7.11 Å². The molecule has 6 nitrogen and oxygen atoms in total. The van der Waals surface area contributed by atoms with Gasteiger partial charge in [0.1, 0.15) is 28.9 Å². The third-order valence-corrected chi connectivity index (χ3v) is 8.13. The Balaban J connectivity index is 0. The number of ketones is 3. The summed E-state index contributed by atoms with van der Waals surface area (Å²) < 4.78 is 48.7. The molecule has 4 rings (SSSR count). The van der Waals surface area contributed by atoms with Crippen molar-refractivity contribution in [2.24, 2.45) is 5.41 Å². The summed E-state index contributed by atoms with van der Waals surface area (Å²) in [7, 11) is 1.32. The number of Topliss-reactive ketones (excluding diaryl/α,β-unsaturated/α-hetero) is 3. The van der Waals surface area contributed by atoms with E-state index >= 15 is 4.39 Å². The second-order valence-corrected chi connectivity index (χ2v) is 11.8. The molecule has 1 aliphatic rings. The van der Waals surface area contributed by atoms with Gasteiger partial charge in [0.2, 0.25) is 0 Å². The topological polar surface area (TPSA) is 86.2 Å². The van der Waals surface area contributed by atoms with E-state index in [4.69, 9.17) is 4.74 Å². The van der Waals surface area contributed by atoms with Gasteiger partial charge >= 0.3 is 0 Å². The molecule has 0 N–H and O–H groups in total. The fourth-order valence-corrected chi connectivity index (χ4v) is 5.41. The maximum Gasteiger partial charge on any atom is 0.257 e. The van der Waals surface area contributed by atoms with E-state index in [1.165, 1.54) is 39.2 Å². The van der Waals surface area contributed by atoms with Crippen LogP contribution in [-0.4, -0.2) is 40.4 Å². The molecular formula is C43H63F3N2O4. The number of carbonyl (C=O) groups is 3. The van der Waals surface area contributed by atoms with Gasteiger partial charge < -0.3 is 14.3 Å². The minimum atomic E-state index is -2.96. The van der Waals surface area contributed by atoms with E-state index in [1.54, 1.807) is 12.3 Å². The Bertz CT molecular complexity index is 1660.